The van der Waals surface area contributed by atoms with Gasteiger partial charge in [-0.05, 0) is 55.7 Å². The van der Waals surface area contributed by atoms with Gasteiger partial charge in [-0.25, -0.2) is 0 Å². The van der Waals surface area contributed by atoms with E-state index in [1.807, 2.05) is 18.2 Å². The highest BCUT2D eigenvalue weighted by molar-refractivity contribution is 6.32. The first-order chi connectivity index (χ1) is 17.6. The van der Waals surface area contributed by atoms with E-state index in [4.69, 9.17) is 23.1 Å². The normalized spacial score (nSPS) is 17.7. The van der Waals surface area contributed by atoms with E-state index in [-0.39, 0.29) is 5.91 Å². The molecule has 8 heteroatoms. The number of halogens is 1. The summed E-state index contributed by atoms with van der Waals surface area (Å²) in [5, 5.41) is 6.93. The largest absolute Gasteiger partial charge is 0.398 e. The lowest BCUT2D eigenvalue weighted by Crippen LogP contribution is -2.30. The van der Waals surface area contributed by atoms with Crippen molar-refractivity contribution in [2.24, 2.45) is 11.5 Å². The van der Waals surface area contributed by atoms with Gasteiger partial charge in [0.05, 0.1) is 5.82 Å². The number of allylic oxidation sites excluding steroid dienone is 5. The molecule has 2 aliphatic heterocycles. The van der Waals surface area contributed by atoms with E-state index in [1.54, 1.807) is 38.2 Å². The zero-order valence-electron chi connectivity index (χ0n) is 22.5. The molecule has 2 aliphatic rings. The fourth-order valence-corrected chi connectivity index (χ4v) is 4.74. The number of benzene rings is 1. The number of hydrogen-bond acceptors (Lipinski definition) is 6. The zero-order valence-corrected chi connectivity index (χ0v) is 23.2. The summed E-state index contributed by atoms with van der Waals surface area (Å²) in [4.78, 5) is 16.2. The molecule has 0 radical (unpaired) electrons. The molecule has 0 atom stereocenters. The summed E-state index contributed by atoms with van der Waals surface area (Å²) >= 11 is 6.56. The molecule has 37 heavy (non-hydrogen) atoms. The SMILES string of the molecule is CN/C(N)=C/C=C(\N)C1=CCNC(C)=C1/C=C(\C)CN1CC=C(c2ccc(C(=O)N(C)C)cc2Cl)CC1. The Morgan fingerprint density at radius 3 is 2.62 bits per heavy atom. The van der Waals surface area contributed by atoms with Crippen molar-refractivity contribution in [2.75, 3.05) is 47.3 Å². The Labute approximate surface area is 225 Å². The van der Waals surface area contributed by atoms with E-state index < -0.39 is 0 Å². The Morgan fingerprint density at radius 2 is 2.00 bits per heavy atom. The topological polar surface area (TPSA) is 99.6 Å². The zero-order chi connectivity index (χ0) is 27.1. The van der Waals surface area contributed by atoms with Gasteiger partial charge in [-0.2, -0.15) is 0 Å². The summed E-state index contributed by atoms with van der Waals surface area (Å²) in [5.74, 6) is 0.509. The smallest absolute Gasteiger partial charge is 0.253 e. The molecule has 0 fully saturated rings. The molecule has 0 bridgehead atoms. The maximum absolute atomic E-state index is 12.2. The third-order valence-corrected chi connectivity index (χ3v) is 6.85. The second kappa shape index (κ2) is 12.7. The van der Waals surface area contributed by atoms with Crippen LogP contribution in [-0.2, 0) is 0 Å². The standard InChI is InChI=1S/C29H39ClN6O/c1-19(16-25-20(2)34-13-10-24(25)27(31)8-9-28(32)33-3)18-36-14-11-21(12-15-36)23-7-6-22(17-26(23)30)29(37)35(4)5/h6-11,16-17,33-34H,12-15,18,31-32H2,1-5H3/b19-16+,27-8-,28-9+. The first-order valence-corrected chi connectivity index (χ1v) is 12.8. The third kappa shape index (κ3) is 7.31. The summed E-state index contributed by atoms with van der Waals surface area (Å²) in [6.45, 7) is 7.60. The molecule has 6 N–H and O–H groups in total. The van der Waals surface area contributed by atoms with Crippen molar-refractivity contribution in [3.05, 3.63) is 98.7 Å². The van der Waals surface area contributed by atoms with Gasteiger partial charge in [-0.3, -0.25) is 9.69 Å². The lowest BCUT2D eigenvalue weighted by atomic mass is 9.95. The molecule has 0 saturated carbocycles. The van der Waals surface area contributed by atoms with Gasteiger partial charge in [0.2, 0.25) is 0 Å². The van der Waals surface area contributed by atoms with Gasteiger partial charge in [0.15, 0.2) is 0 Å². The minimum Gasteiger partial charge on any atom is -0.398 e. The quantitative estimate of drug-likeness (QED) is 0.388. The Balaban J connectivity index is 1.70. The van der Waals surface area contributed by atoms with E-state index >= 15 is 0 Å². The van der Waals surface area contributed by atoms with Gasteiger partial charge in [0.25, 0.3) is 5.91 Å². The van der Waals surface area contributed by atoms with Gasteiger partial charge in [0.1, 0.15) is 0 Å². The highest BCUT2D eigenvalue weighted by Gasteiger charge is 2.18. The summed E-state index contributed by atoms with van der Waals surface area (Å²) in [5.41, 5.74) is 20.2. The molecule has 0 spiro atoms. The number of nitrogens with zero attached hydrogens (tertiary/aromatic N) is 2. The third-order valence-electron chi connectivity index (χ3n) is 6.53. The van der Waals surface area contributed by atoms with E-state index in [2.05, 4.69) is 47.6 Å². The first-order valence-electron chi connectivity index (χ1n) is 12.5. The Bertz CT molecular complexity index is 1220. The van der Waals surface area contributed by atoms with E-state index in [9.17, 15) is 4.79 Å². The van der Waals surface area contributed by atoms with Crippen LogP contribution in [0.1, 0.15) is 36.2 Å². The minimum atomic E-state index is -0.0492. The molecule has 0 aliphatic carbocycles. The predicted molar refractivity (Wildman–Crippen MR) is 155 cm³/mol. The van der Waals surface area contributed by atoms with Crippen molar-refractivity contribution in [3.63, 3.8) is 0 Å². The molecule has 2 heterocycles. The van der Waals surface area contributed by atoms with Crippen LogP contribution in [0.25, 0.3) is 5.57 Å². The number of amides is 1. The van der Waals surface area contributed by atoms with Crippen molar-refractivity contribution in [2.45, 2.75) is 20.3 Å². The van der Waals surface area contributed by atoms with Crippen molar-refractivity contribution < 1.29 is 4.79 Å². The highest BCUT2D eigenvalue weighted by atomic mass is 35.5. The van der Waals surface area contributed by atoms with E-state index in [0.717, 1.165) is 55.0 Å². The number of nitrogens with one attached hydrogen (secondary N) is 2. The lowest BCUT2D eigenvalue weighted by molar-refractivity contribution is 0.0827. The van der Waals surface area contributed by atoms with Crippen molar-refractivity contribution in [1.82, 2.24) is 20.4 Å². The average molecular weight is 523 g/mol. The summed E-state index contributed by atoms with van der Waals surface area (Å²) in [6, 6.07) is 5.58. The fraction of sp³-hybridized carbons (Fsp3) is 0.345. The second-order valence-electron chi connectivity index (χ2n) is 9.63. The maximum Gasteiger partial charge on any atom is 0.253 e. The summed E-state index contributed by atoms with van der Waals surface area (Å²) < 4.78 is 0. The lowest BCUT2D eigenvalue weighted by Gasteiger charge is -2.28. The van der Waals surface area contributed by atoms with Gasteiger partial charge in [-0.15, -0.1) is 0 Å². The molecule has 0 saturated heterocycles. The average Bonchev–Trinajstić information content (AvgIpc) is 2.88. The van der Waals surface area contributed by atoms with Crippen LogP contribution in [0.15, 0.2) is 82.5 Å². The number of nitrogens with two attached hydrogens (primary N) is 2. The van der Waals surface area contributed by atoms with Crippen LogP contribution in [0.2, 0.25) is 5.02 Å². The molecule has 7 nitrogen and oxygen atoms in total. The van der Waals surface area contributed by atoms with Gasteiger partial charge >= 0.3 is 0 Å². The molecule has 1 aromatic rings. The van der Waals surface area contributed by atoms with E-state index in [0.29, 0.717) is 22.1 Å². The molecule has 3 rings (SSSR count). The molecule has 0 unspecified atom stereocenters. The van der Waals surface area contributed by atoms with Crippen LogP contribution in [0.4, 0.5) is 0 Å². The number of carbonyl (C=O) groups excluding carboxylic acids is 1. The maximum atomic E-state index is 12.2. The number of dihydropyridines is 1. The first kappa shape index (κ1) is 28.2. The van der Waals surface area contributed by atoms with Crippen LogP contribution in [0.3, 0.4) is 0 Å². The molecule has 1 aromatic carbocycles. The predicted octanol–water partition coefficient (Wildman–Crippen LogP) is 3.74. The fourth-order valence-electron chi connectivity index (χ4n) is 4.44. The van der Waals surface area contributed by atoms with E-state index in [1.165, 1.54) is 11.1 Å². The van der Waals surface area contributed by atoms with Crippen LogP contribution < -0.4 is 22.1 Å². The van der Waals surface area contributed by atoms with Crippen LogP contribution in [0.5, 0.6) is 0 Å². The van der Waals surface area contributed by atoms with Crippen molar-refractivity contribution in [1.29, 1.82) is 0 Å². The Kier molecular flexibility index (Phi) is 9.66. The Hall–Kier alpha value is -3.42. The summed E-state index contributed by atoms with van der Waals surface area (Å²) in [7, 11) is 5.25. The molecule has 1 amide bonds. The molecule has 0 aromatic heterocycles. The monoisotopic (exact) mass is 522 g/mol. The highest BCUT2D eigenvalue weighted by Crippen LogP contribution is 2.30. The van der Waals surface area contributed by atoms with Crippen LogP contribution in [0, 0.1) is 0 Å². The van der Waals surface area contributed by atoms with Gasteiger partial charge < -0.3 is 27.0 Å². The van der Waals surface area contributed by atoms with Crippen LogP contribution in [-0.4, -0.2) is 63.0 Å². The molecular weight excluding hydrogens is 484 g/mol. The van der Waals surface area contributed by atoms with Gasteiger partial charge in [-0.1, -0.05) is 41.5 Å². The van der Waals surface area contributed by atoms with Crippen molar-refractivity contribution in [3.8, 4) is 0 Å². The number of rotatable bonds is 8. The molecule has 198 valence electrons. The Morgan fingerprint density at radius 1 is 1.24 bits per heavy atom. The number of carbonyl (C=O) groups is 1. The minimum absolute atomic E-state index is 0.0492. The van der Waals surface area contributed by atoms with Crippen molar-refractivity contribution >= 4 is 23.1 Å². The van der Waals surface area contributed by atoms with Gasteiger partial charge in [0, 0.05) is 80.4 Å². The second-order valence-corrected chi connectivity index (χ2v) is 10.0. The number of hydrogen-bond donors (Lipinski definition) is 4. The summed E-state index contributed by atoms with van der Waals surface area (Å²) in [6.07, 6.45) is 11.1. The van der Waals surface area contributed by atoms with Crippen LogP contribution >= 0.6 is 11.6 Å². The molecular formula is C29H39ClN6O.